The van der Waals surface area contributed by atoms with Crippen molar-refractivity contribution in [3.63, 3.8) is 0 Å². The molecule has 4 aromatic rings. The average Bonchev–Trinajstić information content (AvgIpc) is 3.58. The molecule has 10 heteroatoms. The Labute approximate surface area is 199 Å². The van der Waals surface area contributed by atoms with E-state index in [4.69, 9.17) is 14.5 Å². The van der Waals surface area contributed by atoms with Crippen molar-refractivity contribution in [2.75, 3.05) is 6.61 Å². The van der Waals surface area contributed by atoms with Gasteiger partial charge in [0.25, 0.3) is 5.91 Å². The number of hydrogen-bond donors (Lipinski definition) is 2. The van der Waals surface area contributed by atoms with Gasteiger partial charge in [-0.2, -0.15) is 10.2 Å². The minimum absolute atomic E-state index is 0.0734. The predicted molar refractivity (Wildman–Crippen MR) is 124 cm³/mol. The van der Waals surface area contributed by atoms with Gasteiger partial charge in [0.15, 0.2) is 6.61 Å². The average molecular weight is 474 g/mol. The number of aryl methyl sites for hydroxylation is 1. The number of nitrogens with one attached hydrogen (secondary N) is 2. The molecule has 170 valence electrons. The number of nitriles is 1. The van der Waals surface area contributed by atoms with Gasteiger partial charge in [0.2, 0.25) is 17.6 Å². The maximum Gasteiger partial charge on any atom is 0.276 e. The van der Waals surface area contributed by atoms with Crippen molar-refractivity contribution in [1.82, 2.24) is 21.0 Å². The number of carbonyl (C=O) groups is 2. The van der Waals surface area contributed by atoms with Gasteiger partial charge < -0.3 is 9.26 Å². The Morgan fingerprint density at radius 2 is 1.71 bits per heavy atom. The molecule has 34 heavy (non-hydrogen) atoms. The number of hydrogen-bond acceptors (Lipinski definition) is 8. The largest absolute Gasteiger partial charge is 0.484 e. The maximum atomic E-state index is 12.0. The lowest BCUT2D eigenvalue weighted by molar-refractivity contribution is -0.130. The molecular formula is C24H19N5O4S. The zero-order valence-corrected chi connectivity index (χ0v) is 18.7. The molecule has 0 aliphatic carbocycles. The Morgan fingerprint density at radius 1 is 1.00 bits per heavy atom. The summed E-state index contributed by atoms with van der Waals surface area (Å²) in [5.74, 6) is 0.452. The summed E-state index contributed by atoms with van der Waals surface area (Å²) < 4.78 is 10.6. The van der Waals surface area contributed by atoms with Gasteiger partial charge in [-0.15, -0.1) is 11.3 Å². The van der Waals surface area contributed by atoms with Crippen LogP contribution >= 0.6 is 11.3 Å². The van der Waals surface area contributed by atoms with E-state index in [2.05, 4.69) is 27.1 Å². The van der Waals surface area contributed by atoms with E-state index in [1.165, 1.54) is 11.3 Å². The summed E-state index contributed by atoms with van der Waals surface area (Å²) in [4.78, 5) is 29.1. The van der Waals surface area contributed by atoms with E-state index in [1.807, 2.05) is 41.8 Å². The van der Waals surface area contributed by atoms with E-state index in [0.717, 1.165) is 16.0 Å². The summed E-state index contributed by atoms with van der Waals surface area (Å²) in [6.45, 7) is -0.260. The van der Waals surface area contributed by atoms with Crippen LogP contribution in [0, 0.1) is 11.3 Å². The van der Waals surface area contributed by atoms with Crippen LogP contribution in [0.1, 0.15) is 17.9 Å². The standard InChI is InChI=1S/C24H19N5O4S/c25-14-16-3-5-17(6-4-16)18-7-9-19(10-8-18)32-15-22(31)28-27-21(30)11-12-23-26-24(29-33-23)20-2-1-13-34-20/h1-10,13H,11-12,15H2,(H,27,30)(H,28,31). The number of carbonyl (C=O) groups excluding carboxylic acids is 2. The molecule has 0 aliphatic rings. The molecule has 0 saturated heterocycles. The first-order valence-electron chi connectivity index (χ1n) is 10.3. The number of aromatic nitrogens is 2. The van der Waals surface area contributed by atoms with Crippen LogP contribution in [0.25, 0.3) is 21.8 Å². The minimum atomic E-state index is -0.498. The summed E-state index contributed by atoms with van der Waals surface area (Å²) in [6, 6.07) is 20.3. The van der Waals surface area contributed by atoms with E-state index in [0.29, 0.717) is 23.0 Å². The lowest BCUT2D eigenvalue weighted by atomic mass is 10.0. The molecule has 4 rings (SSSR count). The molecule has 2 amide bonds. The lowest BCUT2D eigenvalue weighted by Gasteiger charge is -2.09. The van der Waals surface area contributed by atoms with E-state index in [-0.39, 0.29) is 19.4 Å². The fraction of sp³-hybridized carbons (Fsp3) is 0.125. The van der Waals surface area contributed by atoms with E-state index in [1.54, 1.807) is 24.3 Å². The van der Waals surface area contributed by atoms with Crippen LogP contribution in [0.5, 0.6) is 5.75 Å². The third-order valence-electron chi connectivity index (χ3n) is 4.69. The van der Waals surface area contributed by atoms with Crippen molar-refractivity contribution in [2.24, 2.45) is 0 Å². The Bertz CT molecular complexity index is 1290. The number of rotatable bonds is 8. The topological polar surface area (TPSA) is 130 Å². The highest BCUT2D eigenvalue weighted by atomic mass is 32.1. The molecule has 0 spiro atoms. The van der Waals surface area contributed by atoms with Gasteiger partial charge >= 0.3 is 0 Å². The normalized spacial score (nSPS) is 10.3. The Balaban J connectivity index is 1.17. The number of hydrazine groups is 1. The van der Waals surface area contributed by atoms with E-state index >= 15 is 0 Å². The number of benzene rings is 2. The Kier molecular flexibility index (Phi) is 7.27. The Hall–Kier alpha value is -4.49. The molecule has 2 N–H and O–H groups in total. The molecule has 2 heterocycles. The Morgan fingerprint density at radius 3 is 2.38 bits per heavy atom. The zero-order chi connectivity index (χ0) is 23.8. The highest BCUT2D eigenvalue weighted by Gasteiger charge is 2.12. The molecule has 9 nitrogen and oxygen atoms in total. The zero-order valence-electron chi connectivity index (χ0n) is 17.9. The highest BCUT2D eigenvalue weighted by molar-refractivity contribution is 7.13. The van der Waals surface area contributed by atoms with Gasteiger partial charge in [-0.25, -0.2) is 0 Å². The quantitative estimate of drug-likeness (QED) is 0.375. The van der Waals surface area contributed by atoms with Crippen molar-refractivity contribution >= 4 is 23.2 Å². The van der Waals surface area contributed by atoms with Gasteiger partial charge in [0, 0.05) is 12.8 Å². The van der Waals surface area contributed by atoms with Crippen molar-refractivity contribution in [2.45, 2.75) is 12.8 Å². The molecule has 0 unspecified atom stereocenters. The van der Waals surface area contributed by atoms with Crippen molar-refractivity contribution in [3.05, 3.63) is 77.5 Å². The fourth-order valence-corrected chi connectivity index (χ4v) is 3.60. The van der Waals surface area contributed by atoms with Gasteiger partial charge in [-0.05, 0) is 46.8 Å². The molecule has 0 atom stereocenters. The van der Waals surface area contributed by atoms with Crippen LogP contribution in [0.3, 0.4) is 0 Å². The van der Waals surface area contributed by atoms with Crippen molar-refractivity contribution in [3.8, 4) is 33.6 Å². The van der Waals surface area contributed by atoms with Gasteiger partial charge in [-0.3, -0.25) is 20.4 Å². The highest BCUT2D eigenvalue weighted by Crippen LogP contribution is 2.23. The molecule has 0 bridgehead atoms. The third kappa shape index (κ3) is 6.05. The molecule has 0 radical (unpaired) electrons. The number of thiophene rings is 1. The summed E-state index contributed by atoms with van der Waals surface area (Å²) in [5.41, 5.74) is 7.16. The smallest absolute Gasteiger partial charge is 0.276 e. The SMILES string of the molecule is N#Cc1ccc(-c2ccc(OCC(=O)NNC(=O)CCc3nc(-c4cccs4)no3)cc2)cc1. The second-order valence-electron chi connectivity index (χ2n) is 7.09. The van der Waals surface area contributed by atoms with Crippen LogP contribution in [0.2, 0.25) is 0 Å². The molecule has 0 aliphatic heterocycles. The first-order chi connectivity index (χ1) is 16.6. The summed E-state index contributed by atoms with van der Waals surface area (Å²) in [7, 11) is 0. The van der Waals surface area contributed by atoms with Crippen LogP contribution in [-0.4, -0.2) is 28.6 Å². The second-order valence-corrected chi connectivity index (χ2v) is 8.04. The molecule has 0 saturated carbocycles. The summed E-state index contributed by atoms with van der Waals surface area (Å²) in [5, 5.41) is 14.7. The van der Waals surface area contributed by atoms with E-state index < -0.39 is 11.8 Å². The van der Waals surface area contributed by atoms with Crippen molar-refractivity contribution in [1.29, 1.82) is 5.26 Å². The van der Waals surface area contributed by atoms with Gasteiger partial charge in [0.1, 0.15) is 5.75 Å². The number of ether oxygens (including phenoxy) is 1. The first kappa shape index (κ1) is 22.7. The number of nitrogens with zero attached hydrogens (tertiary/aromatic N) is 3. The van der Waals surface area contributed by atoms with Gasteiger partial charge in [0.05, 0.1) is 16.5 Å². The van der Waals surface area contributed by atoms with Crippen LogP contribution in [0.4, 0.5) is 0 Å². The molecular weight excluding hydrogens is 454 g/mol. The van der Waals surface area contributed by atoms with Crippen LogP contribution in [0.15, 0.2) is 70.6 Å². The predicted octanol–water partition coefficient (Wildman–Crippen LogP) is 3.50. The van der Waals surface area contributed by atoms with Crippen LogP contribution < -0.4 is 15.6 Å². The molecule has 2 aromatic heterocycles. The van der Waals surface area contributed by atoms with E-state index in [9.17, 15) is 9.59 Å². The number of amides is 2. The van der Waals surface area contributed by atoms with Crippen molar-refractivity contribution < 1.29 is 18.8 Å². The first-order valence-corrected chi connectivity index (χ1v) is 11.2. The monoisotopic (exact) mass is 473 g/mol. The lowest BCUT2D eigenvalue weighted by Crippen LogP contribution is -2.43. The molecule has 0 fully saturated rings. The van der Waals surface area contributed by atoms with Crippen LogP contribution in [-0.2, 0) is 16.0 Å². The summed E-state index contributed by atoms with van der Waals surface area (Å²) in [6.07, 6.45) is 0.326. The minimum Gasteiger partial charge on any atom is -0.484 e. The fourth-order valence-electron chi connectivity index (χ4n) is 2.95. The third-order valence-corrected chi connectivity index (χ3v) is 5.55. The molecule has 2 aromatic carbocycles. The second kappa shape index (κ2) is 10.9. The maximum absolute atomic E-state index is 12.0. The summed E-state index contributed by atoms with van der Waals surface area (Å²) >= 11 is 1.50. The van der Waals surface area contributed by atoms with Gasteiger partial charge in [-0.1, -0.05) is 35.5 Å².